The van der Waals surface area contributed by atoms with E-state index in [0.717, 1.165) is 0 Å². The van der Waals surface area contributed by atoms with Gasteiger partial charge in [-0.3, -0.25) is 4.79 Å². The van der Waals surface area contributed by atoms with E-state index in [1.54, 1.807) is 13.8 Å². The van der Waals surface area contributed by atoms with Crippen LogP contribution in [0.1, 0.15) is 13.8 Å². The Bertz CT molecular complexity index is 418. The third-order valence-electron chi connectivity index (χ3n) is 2.46. The number of halogens is 1. The van der Waals surface area contributed by atoms with Gasteiger partial charge in [0, 0.05) is 12.6 Å². The van der Waals surface area contributed by atoms with Crippen molar-refractivity contribution in [2.75, 3.05) is 19.0 Å². The van der Waals surface area contributed by atoms with Gasteiger partial charge in [-0.1, -0.05) is 0 Å². The molecule has 0 aromatic heterocycles. The van der Waals surface area contributed by atoms with Crippen molar-refractivity contribution in [1.82, 2.24) is 0 Å². The number of carboxylic acids is 1. The number of rotatable bonds is 5. The van der Waals surface area contributed by atoms with E-state index in [0.29, 0.717) is 11.4 Å². The smallest absolute Gasteiger partial charge is 0.310 e. The predicted molar refractivity (Wildman–Crippen MR) is 62.9 cm³/mol. The molecule has 2 N–H and O–H groups in total. The fourth-order valence-electron chi connectivity index (χ4n) is 1.21. The molecule has 0 spiro atoms. The van der Waals surface area contributed by atoms with E-state index >= 15 is 0 Å². The molecule has 0 amide bonds. The molecule has 4 nitrogen and oxygen atoms in total. The first-order valence-corrected chi connectivity index (χ1v) is 5.17. The lowest BCUT2D eigenvalue weighted by Crippen LogP contribution is -2.31. The second kappa shape index (κ2) is 5.03. The SMILES string of the molecule is COc1ccc(F)cc1NCC(C)(C)C(=O)O. The number of carboxylic acid groups (broad SMARTS) is 1. The Labute approximate surface area is 99.4 Å². The van der Waals surface area contributed by atoms with Crippen LogP contribution in [-0.2, 0) is 4.79 Å². The molecule has 0 aliphatic heterocycles. The topological polar surface area (TPSA) is 58.6 Å². The Kier molecular flexibility index (Phi) is 3.93. The van der Waals surface area contributed by atoms with Crippen LogP contribution in [0, 0.1) is 11.2 Å². The number of aliphatic carboxylic acids is 1. The van der Waals surface area contributed by atoms with Crippen LogP contribution < -0.4 is 10.1 Å². The third kappa shape index (κ3) is 3.34. The van der Waals surface area contributed by atoms with E-state index in [-0.39, 0.29) is 6.54 Å². The van der Waals surface area contributed by atoms with Crippen LogP contribution in [0.5, 0.6) is 5.75 Å². The number of nitrogens with one attached hydrogen (secondary N) is 1. The second-order valence-corrected chi connectivity index (χ2v) is 4.39. The number of hydrogen-bond donors (Lipinski definition) is 2. The van der Waals surface area contributed by atoms with Gasteiger partial charge in [0.2, 0.25) is 0 Å². The summed E-state index contributed by atoms with van der Waals surface area (Å²) in [5.74, 6) is -0.839. The first-order valence-electron chi connectivity index (χ1n) is 5.17. The molecule has 0 heterocycles. The van der Waals surface area contributed by atoms with E-state index in [4.69, 9.17) is 9.84 Å². The lowest BCUT2D eigenvalue weighted by molar-refractivity contribution is -0.146. The van der Waals surface area contributed by atoms with Gasteiger partial charge in [-0.05, 0) is 26.0 Å². The molecule has 1 aromatic rings. The molecule has 0 aliphatic carbocycles. The highest BCUT2D eigenvalue weighted by Crippen LogP contribution is 2.26. The Morgan fingerprint density at radius 3 is 2.71 bits per heavy atom. The predicted octanol–water partition coefficient (Wildman–Crippen LogP) is 2.36. The first-order chi connectivity index (χ1) is 7.86. The minimum atomic E-state index is -0.933. The molecule has 0 atom stereocenters. The summed E-state index contributed by atoms with van der Waals surface area (Å²) in [7, 11) is 1.47. The van der Waals surface area contributed by atoms with Crippen molar-refractivity contribution < 1.29 is 19.0 Å². The zero-order chi connectivity index (χ0) is 13.1. The average molecular weight is 241 g/mol. The van der Waals surface area contributed by atoms with E-state index in [1.165, 1.54) is 25.3 Å². The molecule has 1 rings (SSSR count). The molecular formula is C12H16FNO3. The molecule has 0 fully saturated rings. The van der Waals surface area contributed by atoms with Gasteiger partial charge in [0.15, 0.2) is 0 Å². The minimum Gasteiger partial charge on any atom is -0.495 e. The third-order valence-corrected chi connectivity index (χ3v) is 2.46. The summed E-state index contributed by atoms with van der Waals surface area (Å²) >= 11 is 0. The number of ether oxygens (including phenoxy) is 1. The van der Waals surface area contributed by atoms with Gasteiger partial charge in [0.05, 0.1) is 18.2 Å². The molecule has 17 heavy (non-hydrogen) atoms. The molecule has 0 aliphatic rings. The zero-order valence-electron chi connectivity index (χ0n) is 10.1. The molecule has 0 radical (unpaired) electrons. The highest BCUT2D eigenvalue weighted by atomic mass is 19.1. The van der Waals surface area contributed by atoms with Gasteiger partial charge < -0.3 is 15.2 Å². The van der Waals surface area contributed by atoms with E-state index in [1.807, 2.05) is 0 Å². The van der Waals surface area contributed by atoms with Crippen molar-refractivity contribution in [2.24, 2.45) is 5.41 Å². The van der Waals surface area contributed by atoms with Crippen molar-refractivity contribution in [3.63, 3.8) is 0 Å². The van der Waals surface area contributed by atoms with Gasteiger partial charge in [-0.25, -0.2) is 4.39 Å². The van der Waals surface area contributed by atoms with Crippen molar-refractivity contribution in [2.45, 2.75) is 13.8 Å². The number of carbonyl (C=O) groups is 1. The highest BCUT2D eigenvalue weighted by molar-refractivity contribution is 5.74. The van der Waals surface area contributed by atoms with Gasteiger partial charge >= 0.3 is 5.97 Å². The Hall–Kier alpha value is -1.78. The summed E-state index contributed by atoms with van der Waals surface area (Å²) in [6, 6.07) is 4.05. The van der Waals surface area contributed by atoms with Crippen molar-refractivity contribution in [3.05, 3.63) is 24.0 Å². The van der Waals surface area contributed by atoms with E-state index in [2.05, 4.69) is 5.32 Å². The van der Waals surface area contributed by atoms with E-state index < -0.39 is 17.2 Å². The van der Waals surface area contributed by atoms with Crippen LogP contribution in [0.3, 0.4) is 0 Å². The van der Waals surface area contributed by atoms with Crippen LogP contribution >= 0.6 is 0 Å². The monoisotopic (exact) mass is 241 g/mol. The fourth-order valence-corrected chi connectivity index (χ4v) is 1.21. The maximum absolute atomic E-state index is 13.1. The van der Waals surface area contributed by atoms with Crippen molar-refractivity contribution >= 4 is 11.7 Å². The average Bonchev–Trinajstić information content (AvgIpc) is 2.26. The lowest BCUT2D eigenvalue weighted by Gasteiger charge is -2.21. The number of hydrogen-bond acceptors (Lipinski definition) is 3. The van der Waals surface area contributed by atoms with Crippen LogP contribution in [0.25, 0.3) is 0 Å². The second-order valence-electron chi connectivity index (χ2n) is 4.39. The molecule has 0 unspecified atom stereocenters. The summed E-state index contributed by atoms with van der Waals surface area (Å²) in [4.78, 5) is 10.9. The summed E-state index contributed by atoms with van der Waals surface area (Å²) in [5, 5.41) is 11.8. The number of methoxy groups -OCH3 is 1. The molecule has 0 saturated carbocycles. The summed E-state index contributed by atoms with van der Waals surface area (Å²) in [6.45, 7) is 3.37. The van der Waals surface area contributed by atoms with Crippen molar-refractivity contribution in [3.8, 4) is 5.75 Å². The maximum atomic E-state index is 13.1. The molecule has 94 valence electrons. The number of benzene rings is 1. The lowest BCUT2D eigenvalue weighted by atomic mass is 9.94. The van der Waals surface area contributed by atoms with Gasteiger partial charge in [-0.2, -0.15) is 0 Å². The zero-order valence-corrected chi connectivity index (χ0v) is 10.1. The van der Waals surface area contributed by atoms with Crippen LogP contribution in [0.4, 0.5) is 10.1 Å². The normalized spacial score (nSPS) is 11.1. The number of anilines is 1. The maximum Gasteiger partial charge on any atom is 0.310 e. The summed E-state index contributed by atoms with van der Waals surface area (Å²) in [6.07, 6.45) is 0. The largest absolute Gasteiger partial charge is 0.495 e. The molecule has 1 aromatic carbocycles. The summed E-state index contributed by atoms with van der Waals surface area (Å²) in [5.41, 5.74) is -0.487. The summed E-state index contributed by atoms with van der Waals surface area (Å²) < 4.78 is 18.1. The van der Waals surface area contributed by atoms with Crippen LogP contribution in [0.2, 0.25) is 0 Å². The standard InChI is InChI=1S/C12H16FNO3/c1-12(2,11(15)16)7-14-9-6-8(13)4-5-10(9)17-3/h4-6,14H,7H2,1-3H3,(H,15,16). The molecule has 5 heteroatoms. The molecule has 0 bridgehead atoms. The van der Waals surface area contributed by atoms with Gasteiger partial charge in [0.25, 0.3) is 0 Å². The molecular weight excluding hydrogens is 225 g/mol. The minimum absolute atomic E-state index is 0.183. The Balaban J connectivity index is 2.81. The van der Waals surface area contributed by atoms with Crippen LogP contribution in [-0.4, -0.2) is 24.7 Å². The van der Waals surface area contributed by atoms with Crippen molar-refractivity contribution in [1.29, 1.82) is 0 Å². The van der Waals surface area contributed by atoms with Gasteiger partial charge in [-0.15, -0.1) is 0 Å². The fraction of sp³-hybridized carbons (Fsp3) is 0.417. The van der Waals surface area contributed by atoms with E-state index in [9.17, 15) is 9.18 Å². The Morgan fingerprint density at radius 2 is 2.18 bits per heavy atom. The molecule has 0 saturated heterocycles. The van der Waals surface area contributed by atoms with Crippen LogP contribution in [0.15, 0.2) is 18.2 Å². The first kappa shape index (κ1) is 13.3. The highest BCUT2D eigenvalue weighted by Gasteiger charge is 2.27. The Morgan fingerprint density at radius 1 is 1.53 bits per heavy atom. The quantitative estimate of drug-likeness (QED) is 0.830. The van der Waals surface area contributed by atoms with Gasteiger partial charge in [0.1, 0.15) is 11.6 Å².